The number of hydrogen-bond donors (Lipinski definition) is 2. The quantitative estimate of drug-likeness (QED) is 0.0467. The summed E-state index contributed by atoms with van der Waals surface area (Å²) in [5, 5.41) is 46.2. The number of rotatable bonds is 26. The Balaban J connectivity index is 1.78. The Morgan fingerprint density at radius 2 is 1.66 bits per heavy atom. The summed E-state index contributed by atoms with van der Waals surface area (Å²) in [5.41, 5.74) is 3.37. The van der Waals surface area contributed by atoms with Crippen molar-refractivity contribution in [2.24, 2.45) is 16.1 Å². The van der Waals surface area contributed by atoms with Crippen molar-refractivity contribution >= 4 is 39.7 Å². The van der Waals surface area contributed by atoms with Gasteiger partial charge in [-0.15, -0.1) is 21.6 Å². The molecule has 0 saturated heterocycles. The van der Waals surface area contributed by atoms with Crippen LogP contribution in [0.1, 0.15) is 67.0 Å². The monoisotopic (exact) mass is 711 g/mol. The van der Waals surface area contributed by atoms with Crippen molar-refractivity contribution in [3.8, 4) is 12.1 Å². The number of allylic oxidation sites excluding steroid dienone is 2. The summed E-state index contributed by atoms with van der Waals surface area (Å²) >= 11 is 1.14. The maximum Gasteiger partial charge on any atom is 0.307 e. The molecule has 1 unspecified atom stereocenters. The number of carboxylic acid groups (broad SMARTS) is 1. The van der Waals surface area contributed by atoms with Crippen molar-refractivity contribution in [3.63, 3.8) is 0 Å². The first-order valence-electron chi connectivity index (χ1n) is 16.8. The topological polar surface area (TPSA) is 187 Å². The number of aliphatic carboxylic acids is 1. The van der Waals surface area contributed by atoms with E-state index in [9.17, 15) is 25.2 Å². The lowest BCUT2D eigenvalue weighted by Crippen LogP contribution is -2.31. The minimum Gasteiger partial charge on any atom is -0.481 e. The molecule has 1 heterocycles. The van der Waals surface area contributed by atoms with Gasteiger partial charge in [-0.1, -0.05) is 31.9 Å². The normalized spacial score (nSPS) is 11.9. The summed E-state index contributed by atoms with van der Waals surface area (Å²) in [6.07, 6.45) is 8.14. The molecule has 0 fully saturated rings. The number of unbranched alkanes of at least 4 members (excludes halogenated alkanes) is 3. The molecule has 1 aromatic carbocycles. The van der Waals surface area contributed by atoms with Gasteiger partial charge in [0.05, 0.1) is 69.8 Å². The Morgan fingerprint density at radius 1 is 0.960 bits per heavy atom. The molecule has 2 aromatic rings. The molecule has 14 heteroatoms. The van der Waals surface area contributed by atoms with Gasteiger partial charge in [0.25, 0.3) is 0 Å². The lowest BCUT2D eigenvalue weighted by Gasteiger charge is -2.25. The van der Waals surface area contributed by atoms with Gasteiger partial charge < -0.3 is 34.1 Å². The molecule has 2 rings (SSSR count). The second-order valence-corrected chi connectivity index (χ2v) is 12.3. The fourth-order valence-corrected chi connectivity index (χ4v) is 5.58. The second-order valence-electron chi connectivity index (χ2n) is 11.3. The lowest BCUT2D eigenvalue weighted by molar-refractivity contribution is -0.152. The number of ether oxygens (including phenoxy) is 4. The van der Waals surface area contributed by atoms with Crippen LogP contribution in [-0.2, 0) is 28.5 Å². The van der Waals surface area contributed by atoms with E-state index < -0.39 is 17.9 Å². The van der Waals surface area contributed by atoms with E-state index in [-0.39, 0.29) is 32.8 Å². The number of nitriles is 2. The maximum absolute atomic E-state index is 12.1. The molecular formula is C36H49N5O8S. The molecular weight excluding hydrogens is 662 g/mol. The van der Waals surface area contributed by atoms with Crippen molar-refractivity contribution < 1.29 is 38.7 Å². The summed E-state index contributed by atoms with van der Waals surface area (Å²) in [5.74, 6) is -2.40. The average molecular weight is 712 g/mol. The van der Waals surface area contributed by atoms with Gasteiger partial charge in [-0.25, -0.2) is 0 Å². The molecule has 0 saturated carbocycles. The molecule has 1 aromatic heterocycles. The standard InChI is InChI=1S/C36H49N5O8S/c1-4-5-6-7-8-9-10-29(36(44)45)24-34(43)49-22-21-48-20-19-47-17-14-41(13-16-46-18-15-42)30-11-12-32(27(2)23-30)39-40-35-31(25-37)28(3)33(26-38)50-35/h8-9,11-12,23,29,42H,4-7,10,13-22,24H2,1-3H3,(H,44,45)/b9-8+,40-39+. The molecule has 13 nitrogen and oxygen atoms in total. The second kappa shape index (κ2) is 24.9. The van der Waals surface area contributed by atoms with Gasteiger partial charge in [-0.05, 0) is 62.4 Å². The number of carboxylic acids is 1. The molecule has 0 aliphatic rings. The van der Waals surface area contributed by atoms with Gasteiger partial charge in [-0.3, -0.25) is 9.59 Å². The SMILES string of the molecule is CCCCC/C=C/CC(CC(=O)OCCOCCOCCN(CCOCCO)c1ccc(/N=N/c2sc(C#N)c(C)c2C#N)c(C)c1)C(=O)O. The number of thiophene rings is 1. The molecule has 0 radical (unpaired) electrons. The Kier molecular flexibility index (Phi) is 20.9. The summed E-state index contributed by atoms with van der Waals surface area (Å²) in [6, 6.07) is 9.91. The van der Waals surface area contributed by atoms with E-state index in [1.54, 1.807) is 6.92 Å². The van der Waals surface area contributed by atoms with Crippen molar-refractivity contribution in [3.05, 3.63) is 51.9 Å². The number of aryl methyl sites for hydroxylation is 1. The molecule has 2 N–H and O–H groups in total. The zero-order chi connectivity index (χ0) is 36.6. The predicted octanol–water partition coefficient (Wildman–Crippen LogP) is 6.53. The van der Waals surface area contributed by atoms with E-state index in [0.717, 1.165) is 48.3 Å². The molecule has 50 heavy (non-hydrogen) atoms. The summed E-state index contributed by atoms with van der Waals surface area (Å²) in [7, 11) is 0. The fourth-order valence-electron chi connectivity index (χ4n) is 4.70. The lowest BCUT2D eigenvalue weighted by atomic mass is 10.0. The third-order valence-electron chi connectivity index (χ3n) is 7.57. The fraction of sp³-hybridized carbons (Fsp3) is 0.556. The summed E-state index contributed by atoms with van der Waals surface area (Å²) in [6.45, 7) is 8.68. The van der Waals surface area contributed by atoms with Crippen LogP contribution in [0.2, 0.25) is 0 Å². The zero-order valence-electron chi connectivity index (χ0n) is 29.3. The molecule has 0 amide bonds. The van der Waals surface area contributed by atoms with Gasteiger partial charge in [0.1, 0.15) is 23.6 Å². The molecule has 272 valence electrons. The van der Waals surface area contributed by atoms with Crippen molar-refractivity contribution in [1.82, 2.24) is 0 Å². The molecule has 0 aliphatic heterocycles. The number of azo groups is 1. The van der Waals surface area contributed by atoms with Gasteiger partial charge in [0.2, 0.25) is 0 Å². The van der Waals surface area contributed by atoms with Crippen LogP contribution in [0.15, 0.2) is 40.6 Å². The van der Waals surface area contributed by atoms with E-state index in [2.05, 4.69) is 34.2 Å². The molecule has 0 bridgehead atoms. The number of aliphatic hydroxyl groups excluding tert-OH is 1. The van der Waals surface area contributed by atoms with Gasteiger partial charge in [-0.2, -0.15) is 10.5 Å². The molecule has 1 atom stereocenters. The Bertz CT molecular complexity index is 1480. The van der Waals surface area contributed by atoms with Gasteiger partial charge in [0.15, 0.2) is 5.00 Å². The van der Waals surface area contributed by atoms with Crippen LogP contribution < -0.4 is 4.90 Å². The van der Waals surface area contributed by atoms with E-state index in [0.29, 0.717) is 72.6 Å². The number of nitrogens with zero attached hydrogens (tertiary/aromatic N) is 5. The number of aliphatic hydroxyl groups is 1. The van der Waals surface area contributed by atoms with Gasteiger partial charge in [0, 0.05) is 18.8 Å². The zero-order valence-corrected chi connectivity index (χ0v) is 30.1. The highest BCUT2D eigenvalue weighted by atomic mass is 32.1. The van der Waals surface area contributed by atoms with Crippen LogP contribution in [0.5, 0.6) is 0 Å². The summed E-state index contributed by atoms with van der Waals surface area (Å²) in [4.78, 5) is 26.2. The van der Waals surface area contributed by atoms with Crippen molar-refractivity contribution in [2.45, 2.75) is 59.3 Å². The number of hydrogen-bond acceptors (Lipinski definition) is 13. The predicted molar refractivity (Wildman–Crippen MR) is 190 cm³/mol. The minimum absolute atomic E-state index is 0.0297. The third kappa shape index (κ3) is 15.6. The first kappa shape index (κ1) is 42.0. The third-order valence-corrected chi connectivity index (χ3v) is 8.65. The van der Waals surface area contributed by atoms with Gasteiger partial charge >= 0.3 is 11.9 Å². The van der Waals surface area contributed by atoms with Crippen LogP contribution in [0.25, 0.3) is 0 Å². The van der Waals surface area contributed by atoms with E-state index >= 15 is 0 Å². The van der Waals surface area contributed by atoms with Crippen molar-refractivity contribution in [2.75, 3.05) is 70.8 Å². The van der Waals surface area contributed by atoms with Crippen LogP contribution in [0.4, 0.5) is 16.4 Å². The number of esters is 1. The Hall–Kier alpha value is -4.18. The minimum atomic E-state index is -1.02. The Labute approximate surface area is 298 Å². The average Bonchev–Trinajstić information content (AvgIpc) is 3.42. The number of benzene rings is 1. The molecule has 0 aliphatic carbocycles. The number of carbonyl (C=O) groups excluding carboxylic acids is 1. The highest BCUT2D eigenvalue weighted by Crippen LogP contribution is 2.36. The highest BCUT2D eigenvalue weighted by molar-refractivity contribution is 7.16. The van der Waals surface area contributed by atoms with Crippen LogP contribution in [0, 0.1) is 42.4 Å². The van der Waals surface area contributed by atoms with Crippen LogP contribution >= 0.6 is 11.3 Å². The first-order chi connectivity index (χ1) is 24.2. The summed E-state index contributed by atoms with van der Waals surface area (Å²) < 4.78 is 21.9. The van der Waals surface area contributed by atoms with E-state index in [1.807, 2.05) is 37.3 Å². The highest BCUT2D eigenvalue weighted by Gasteiger charge is 2.21. The molecule has 0 spiro atoms. The largest absolute Gasteiger partial charge is 0.481 e. The number of carbonyl (C=O) groups is 2. The maximum atomic E-state index is 12.1. The van der Waals surface area contributed by atoms with E-state index in [4.69, 9.17) is 24.1 Å². The number of anilines is 1. The smallest absolute Gasteiger partial charge is 0.307 e. The first-order valence-corrected chi connectivity index (χ1v) is 17.7. The van der Waals surface area contributed by atoms with Crippen LogP contribution in [-0.4, -0.2) is 88.1 Å². The van der Waals surface area contributed by atoms with E-state index in [1.165, 1.54) is 0 Å². The van der Waals surface area contributed by atoms with Crippen LogP contribution in [0.3, 0.4) is 0 Å². The van der Waals surface area contributed by atoms with Crippen molar-refractivity contribution in [1.29, 1.82) is 10.5 Å². The Morgan fingerprint density at radius 3 is 2.30 bits per heavy atom.